The van der Waals surface area contributed by atoms with E-state index in [4.69, 9.17) is 5.26 Å². The number of aromatic nitrogens is 2. The molecule has 0 saturated carbocycles. The molecule has 0 radical (unpaired) electrons. The summed E-state index contributed by atoms with van der Waals surface area (Å²) in [4.78, 5) is 3.66. The van der Waals surface area contributed by atoms with E-state index in [1.54, 1.807) is 0 Å². The highest BCUT2D eigenvalue weighted by molar-refractivity contribution is 8.07. The van der Waals surface area contributed by atoms with Crippen molar-refractivity contribution in [1.29, 1.82) is 5.26 Å². The Morgan fingerprint density at radius 3 is 2.48 bits per heavy atom. The largest absolute Gasteiger partial charge is 0.573 e. The number of rotatable bonds is 4. The van der Waals surface area contributed by atoms with E-state index in [0.717, 1.165) is 18.3 Å². The van der Waals surface area contributed by atoms with E-state index in [2.05, 4.69) is 20.2 Å². The number of ether oxygens (including phenoxy) is 1. The second-order valence-corrected chi connectivity index (χ2v) is 6.37. The normalized spacial score (nSPS) is 12.5. The molecule has 1 aromatic carbocycles. The van der Waals surface area contributed by atoms with Crippen molar-refractivity contribution in [3.8, 4) is 11.8 Å². The number of alkyl halides is 3. The first-order chi connectivity index (χ1) is 11.6. The van der Waals surface area contributed by atoms with Crippen molar-refractivity contribution in [3.05, 3.63) is 36.8 Å². The molecule has 12 heteroatoms. The summed E-state index contributed by atoms with van der Waals surface area (Å²) in [6.07, 6.45) is -2.52. The summed E-state index contributed by atoms with van der Waals surface area (Å²) in [5.74, 6) is -0.454. The van der Waals surface area contributed by atoms with Crippen LogP contribution in [-0.2, 0) is 16.9 Å². The Morgan fingerprint density at radius 1 is 1.36 bits per heavy atom. The number of aryl methyl sites for hydroxylation is 1. The summed E-state index contributed by atoms with van der Waals surface area (Å²) in [6.45, 7) is 0. The minimum Gasteiger partial charge on any atom is -0.406 e. The topological polar surface area (TPSA) is 109 Å². The fraction of sp³-hybridized carbons (Fsp3) is 0.154. The van der Waals surface area contributed by atoms with Gasteiger partial charge >= 0.3 is 6.36 Å². The van der Waals surface area contributed by atoms with Crippen molar-refractivity contribution in [2.24, 2.45) is 12.1 Å². The van der Waals surface area contributed by atoms with Crippen LogP contribution in [0.4, 0.5) is 18.9 Å². The van der Waals surface area contributed by atoms with Crippen molar-refractivity contribution in [1.82, 2.24) is 9.55 Å². The Bertz CT molecular complexity index is 927. The fourth-order valence-electron chi connectivity index (χ4n) is 1.69. The number of halogens is 3. The number of nitriles is 1. The number of sulfone groups is 1. The van der Waals surface area contributed by atoms with Gasteiger partial charge in [-0.05, 0) is 24.3 Å². The van der Waals surface area contributed by atoms with Crippen LogP contribution in [0, 0.1) is 11.3 Å². The Kier molecular flexibility index (Phi) is 4.98. The number of hydrazone groups is 1. The van der Waals surface area contributed by atoms with Crippen molar-refractivity contribution in [3.63, 3.8) is 0 Å². The van der Waals surface area contributed by atoms with Gasteiger partial charge in [0.2, 0.25) is 0 Å². The highest BCUT2D eigenvalue weighted by Gasteiger charge is 2.31. The molecule has 2 aromatic rings. The van der Waals surface area contributed by atoms with Crippen molar-refractivity contribution < 1.29 is 26.3 Å². The first kappa shape index (κ1) is 18.3. The van der Waals surface area contributed by atoms with E-state index in [9.17, 15) is 21.6 Å². The standard InChI is InChI=1S/C13H10F3N5O3S/c1-21-8-18-7-12(21)25(22,23)11(6-17)20-19-9-2-4-10(5-3-9)24-13(14,15)16/h2-5,7-8,19H,1H3/b20-11+. The molecule has 0 unspecified atom stereocenters. The molecule has 0 spiro atoms. The molecular formula is C13H10F3N5O3S. The van der Waals surface area contributed by atoms with Crippen LogP contribution in [0.2, 0.25) is 0 Å². The zero-order chi connectivity index (χ0) is 18.7. The smallest absolute Gasteiger partial charge is 0.406 e. The molecule has 1 heterocycles. The van der Waals surface area contributed by atoms with E-state index in [0.29, 0.717) is 0 Å². The second kappa shape index (κ2) is 6.81. The number of nitrogens with one attached hydrogen (secondary N) is 1. The summed E-state index contributed by atoms with van der Waals surface area (Å²) in [5.41, 5.74) is 2.45. The van der Waals surface area contributed by atoms with Crippen LogP contribution in [0.3, 0.4) is 0 Å². The SMILES string of the molecule is Cn1cncc1S(=O)(=O)/C(C#N)=N/Nc1ccc(OC(F)(F)F)cc1. The molecule has 0 bridgehead atoms. The van der Waals surface area contributed by atoms with Crippen molar-refractivity contribution >= 4 is 20.6 Å². The first-order valence-electron chi connectivity index (χ1n) is 6.44. The van der Waals surface area contributed by atoms with Gasteiger partial charge in [0.1, 0.15) is 11.8 Å². The van der Waals surface area contributed by atoms with Gasteiger partial charge in [-0.15, -0.1) is 13.2 Å². The molecule has 132 valence electrons. The molecule has 0 atom stereocenters. The Morgan fingerprint density at radius 2 is 2.00 bits per heavy atom. The zero-order valence-electron chi connectivity index (χ0n) is 12.5. The fourth-order valence-corrected chi connectivity index (χ4v) is 2.80. The molecule has 0 aliphatic heterocycles. The zero-order valence-corrected chi connectivity index (χ0v) is 13.3. The van der Waals surface area contributed by atoms with Gasteiger partial charge in [-0.2, -0.15) is 10.4 Å². The lowest BCUT2D eigenvalue weighted by atomic mass is 10.3. The van der Waals surface area contributed by atoms with Crippen LogP contribution in [0.15, 0.2) is 46.9 Å². The molecule has 0 fully saturated rings. The molecule has 0 amide bonds. The molecule has 0 aliphatic carbocycles. The number of hydrogen-bond acceptors (Lipinski definition) is 7. The predicted molar refractivity (Wildman–Crippen MR) is 80.2 cm³/mol. The van der Waals surface area contributed by atoms with Crippen LogP contribution in [0.25, 0.3) is 0 Å². The van der Waals surface area contributed by atoms with Crippen LogP contribution in [0.1, 0.15) is 0 Å². The number of hydrogen-bond donors (Lipinski definition) is 1. The monoisotopic (exact) mass is 373 g/mol. The number of imidazole rings is 1. The lowest BCUT2D eigenvalue weighted by molar-refractivity contribution is -0.274. The van der Waals surface area contributed by atoms with E-state index in [-0.39, 0.29) is 10.7 Å². The summed E-state index contributed by atoms with van der Waals surface area (Å²) >= 11 is 0. The van der Waals surface area contributed by atoms with E-state index in [1.165, 1.54) is 36.1 Å². The van der Waals surface area contributed by atoms with Gasteiger partial charge in [0.05, 0.1) is 18.2 Å². The Hall–Kier alpha value is -3.07. The molecule has 0 aliphatic rings. The van der Waals surface area contributed by atoms with Gasteiger partial charge in [0, 0.05) is 7.05 Å². The van der Waals surface area contributed by atoms with Crippen LogP contribution < -0.4 is 10.2 Å². The van der Waals surface area contributed by atoms with E-state index >= 15 is 0 Å². The van der Waals surface area contributed by atoms with E-state index < -0.39 is 27.0 Å². The summed E-state index contributed by atoms with van der Waals surface area (Å²) < 4.78 is 65.7. The summed E-state index contributed by atoms with van der Waals surface area (Å²) in [5, 5.41) is 11.5. The third-order valence-corrected chi connectivity index (χ3v) is 4.41. The highest BCUT2D eigenvalue weighted by Crippen LogP contribution is 2.24. The molecule has 1 N–H and O–H groups in total. The third-order valence-electron chi connectivity index (χ3n) is 2.77. The van der Waals surface area contributed by atoms with Gasteiger partial charge in [0.25, 0.3) is 14.9 Å². The maximum absolute atomic E-state index is 12.3. The van der Waals surface area contributed by atoms with Crippen LogP contribution in [-0.4, -0.2) is 29.4 Å². The molecular weight excluding hydrogens is 363 g/mol. The summed E-state index contributed by atoms with van der Waals surface area (Å²) in [7, 11) is -2.76. The van der Waals surface area contributed by atoms with Gasteiger partial charge in [-0.25, -0.2) is 13.4 Å². The minimum atomic E-state index is -4.82. The maximum atomic E-state index is 12.3. The lowest BCUT2D eigenvalue weighted by Crippen LogP contribution is -2.18. The summed E-state index contributed by atoms with van der Waals surface area (Å²) in [6, 6.07) is 5.82. The Labute approximate surface area is 140 Å². The quantitative estimate of drug-likeness (QED) is 0.499. The molecule has 8 nitrogen and oxygen atoms in total. The lowest BCUT2D eigenvalue weighted by Gasteiger charge is -2.09. The van der Waals surface area contributed by atoms with Gasteiger partial charge in [-0.3, -0.25) is 5.43 Å². The average Bonchev–Trinajstić information content (AvgIpc) is 2.95. The Balaban J connectivity index is 2.19. The van der Waals surface area contributed by atoms with Crippen LogP contribution in [0.5, 0.6) is 5.75 Å². The number of benzene rings is 1. The highest BCUT2D eigenvalue weighted by atomic mass is 32.2. The maximum Gasteiger partial charge on any atom is 0.573 e. The van der Waals surface area contributed by atoms with E-state index in [1.807, 2.05) is 0 Å². The number of nitrogens with zero attached hydrogens (tertiary/aromatic N) is 4. The van der Waals surface area contributed by atoms with Gasteiger partial charge < -0.3 is 9.30 Å². The number of anilines is 1. The predicted octanol–water partition coefficient (Wildman–Crippen LogP) is 2.04. The van der Waals surface area contributed by atoms with Gasteiger partial charge in [0.15, 0.2) is 5.03 Å². The molecule has 0 saturated heterocycles. The molecule has 1 aromatic heterocycles. The van der Waals surface area contributed by atoms with Gasteiger partial charge in [-0.1, -0.05) is 0 Å². The van der Waals surface area contributed by atoms with Crippen molar-refractivity contribution in [2.45, 2.75) is 11.4 Å². The molecule has 25 heavy (non-hydrogen) atoms. The van der Waals surface area contributed by atoms with Crippen molar-refractivity contribution in [2.75, 3.05) is 5.43 Å². The second-order valence-electron chi connectivity index (χ2n) is 4.56. The third kappa shape index (κ3) is 4.48. The first-order valence-corrected chi connectivity index (χ1v) is 7.93. The average molecular weight is 373 g/mol. The minimum absolute atomic E-state index is 0.155. The molecule has 2 rings (SSSR count). The van der Waals surface area contributed by atoms with Crippen LogP contribution >= 0.6 is 0 Å².